The number of nitrogens with two attached hydrogens (primary N) is 1. The number of fused-ring (bicyclic) bond motifs is 2. The van der Waals surface area contributed by atoms with Gasteiger partial charge in [0.25, 0.3) is 0 Å². The van der Waals surface area contributed by atoms with Crippen LogP contribution in [0.1, 0.15) is 5.56 Å². The van der Waals surface area contributed by atoms with Crippen molar-refractivity contribution < 1.29 is 0 Å². The molecule has 5 rings (SSSR count). The van der Waals surface area contributed by atoms with E-state index in [1.54, 1.807) is 11.3 Å². The van der Waals surface area contributed by atoms with Crippen molar-refractivity contribution in [3.8, 4) is 10.4 Å². The Balaban J connectivity index is 1.29. The average molecular weight is 457 g/mol. The zero-order chi connectivity index (χ0) is 22.5. The van der Waals surface area contributed by atoms with Crippen LogP contribution in [0.3, 0.4) is 0 Å². The lowest BCUT2D eigenvalue weighted by Crippen LogP contribution is -2.30. The minimum absolute atomic E-state index is 0.676. The summed E-state index contributed by atoms with van der Waals surface area (Å²) in [6.45, 7) is 4.25. The quantitative estimate of drug-likeness (QED) is 0.194. The number of hydrogen-bond acceptors (Lipinski definition) is 6. The van der Waals surface area contributed by atoms with Crippen molar-refractivity contribution in [2.75, 3.05) is 31.5 Å². The summed E-state index contributed by atoms with van der Waals surface area (Å²) < 4.78 is 1.16. The molecular weight excluding hydrogens is 428 g/mol. The Morgan fingerprint density at radius 1 is 0.909 bits per heavy atom. The molecule has 0 aliphatic heterocycles. The Bertz CT molecular complexity index is 1340. The lowest BCUT2D eigenvalue weighted by molar-refractivity contribution is 0.615. The third-order valence-electron chi connectivity index (χ3n) is 5.61. The first-order valence-electron chi connectivity index (χ1n) is 11.2. The molecule has 0 saturated carbocycles. The summed E-state index contributed by atoms with van der Waals surface area (Å²) in [6.07, 6.45) is 3.83. The van der Waals surface area contributed by atoms with Crippen LogP contribution in [0.15, 0.2) is 73.1 Å². The van der Waals surface area contributed by atoms with Crippen molar-refractivity contribution in [1.29, 1.82) is 0 Å². The first-order valence-corrected chi connectivity index (χ1v) is 12.1. The second-order valence-corrected chi connectivity index (χ2v) is 9.05. The van der Waals surface area contributed by atoms with Crippen LogP contribution in [0.4, 0.5) is 11.4 Å². The molecule has 0 spiro atoms. The lowest BCUT2D eigenvalue weighted by atomic mass is 10.1. The Kier molecular flexibility index (Phi) is 6.64. The van der Waals surface area contributed by atoms with E-state index in [4.69, 9.17) is 5.73 Å². The summed E-state index contributed by atoms with van der Waals surface area (Å²) in [5, 5.41) is 11.5. The maximum absolute atomic E-state index is 5.49. The van der Waals surface area contributed by atoms with Gasteiger partial charge in [-0.1, -0.05) is 24.3 Å². The summed E-state index contributed by atoms with van der Waals surface area (Å²) in [5.41, 5.74) is 12.3. The van der Waals surface area contributed by atoms with E-state index in [2.05, 4.69) is 80.5 Å². The van der Waals surface area contributed by atoms with Crippen LogP contribution in [0, 0.1) is 0 Å². The predicted molar refractivity (Wildman–Crippen MR) is 140 cm³/mol. The maximum Gasteiger partial charge on any atom is 0.0837 e. The first-order chi connectivity index (χ1) is 16.3. The molecule has 0 atom stereocenters. The SMILES string of the molecule is NCCNCCNCc1ccc(-c2cc3nccc(Nc4ccc5[nH]ccc5c4)c3s2)cc1. The minimum atomic E-state index is 0.676. The van der Waals surface area contributed by atoms with Crippen molar-refractivity contribution in [3.63, 3.8) is 0 Å². The molecule has 6 nitrogen and oxygen atoms in total. The van der Waals surface area contributed by atoms with E-state index >= 15 is 0 Å². The van der Waals surface area contributed by atoms with Gasteiger partial charge >= 0.3 is 0 Å². The number of hydrogen-bond donors (Lipinski definition) is 5. The van der Waals surface area contributed by atoms with Crippen molar-refractivity contribution in [2.45, 2.75) is 6.54 Å². The molecular formula is C26H28N6S. The fourth-order valence-corrected chi connectivity index (χ4v) is 4.98. The highest BCUT2D eigenvalue weighted by atomic mass is 32.1. The van der Waals surface area contributed by atoms with Gasteiger partial charge in [0.1, 0.15) is 0 Å². The number of thiophene rings is 1. The van der Waals surface area contributed by atoms with E-state index in [-0.39, 0.29) is 0 Å². The van der Waals surface area contributed by atoms with Gasteiger partial charge in [-0.25, -0.2) is 0 Å². The second-order valence-electron chi connectivity index (χ2n) is 8.00. The van der Waals surface area contributed by atoms with Crippen molar-refractivity contribution in [2.24, 2.45) is 5.73 Å². The zero-order valence-electron chi connectivity index (χ0n) is 18.4. The predicted octanol–water partition coefficient (Wildman–Crippen LogP) is 4.83. The molecule has 168 valence electrons. The molecule has 5 aromatic rings. The van der Waals surface area contributed by atoms with Gasteiger partial charge in [-0.05, 0) is 47.5 Å². The smallest absolute Gasteiger partial charge is 0.0837 e. The van der Waals surface area contributed by atoms with E-state index < -0.39 is 0 Å². The van der Waals surface area contributed by atoms with E-state index in [1.807, 2.05) is 18.5 Å². The third kappa shape index (κ3) is 5.07. The highest BCUT2D eigenvalue weighted by Gasteiger charge is 2.10. The normalized spacial score (nSPS) is 11.4. The van der Waals surface area contributed by atoms with Gasteiger partial charge in [0.15, 0.2) is 0 Å². The van der Waals surface area contributed by atoms with Crippen LogP contribution in [0.5, 0.6) is 0 Å². The topological polar surface area (TPSA) is 90.8 Å². The molecule has 0 radical (unpaired) electrons. The van der Waals surface area contributed by atoms with Gasteiger partial charge in [-0.2, -0.15) is 0 Å². The number of benzene rings is 2. The number of aromatic amines is 1. The Hall–Kier alpha value is -3.23. The number of anilines is 2. The standard InChI is InChI=1S/C26H28N6S/c27-9-12-28-13-14-29-17-18-1-3-19(4-2-18)25-16-24-26(33-25)23(8-11-31-24)32-21-5-6-22-20(15-21)7-10-30-22/h1-8,10-11,15-16,28-30H,9,12-14,17,27H2,(H,31,32). The number of pyridine rings is 1. The monoisotopic (exact) mass is 456 g/mol. The van der Waals surface area contributed by atoms with E-state index in [0.29, 0.717) is 6.54 Å². The highest BCUT2D eigenvalue weighted by Crippen LogP contribution is 2.37. The molecule has 3 aromatic heterocycles. The number of aromatic nitrogens is 2. The first kappa shape index (κ1) is 21.6. The molecule has 33 heavy (non-hydrogen) atoms. The molecule has 0 unspecified atom stereocenters. The van der Waals surface area contributed by atoms with Crippen LogP contribution in [-0.4, -0.2) is 36.1 Å². The number of rotatable bonds is 10. The highest BCUT2D eigenvalue weighted by molar-refractivity contribution is 7.22. The second kappa shape index (κ2) is 10.1. The molecule has 2 aromatic carbocycles. The van der Waals surface area contributed by atoms with E-state index in [1.165, 1.54) is 21.4 Å². The Morgan fingerprint density at radius 3 is 2.67 bits per heavy atom. The summed E-state index contributed by atoms with van der Waals surface area (Å²) in [4.78, 5) is 9.06. The molecule has 6 N–H and O–H groups in total. The third-order valence-corrected chi connectivity index (χ3v) is 6.82. The molecule has 0 fully saturated rings. The Morgan fingerprint density at radius 2 is 1.79 bits per heavy atom. The van der Waals surface area contributed by atoms with E-state index in [9.17, 15) is 0 Å². The fraction of sp³-hybridized carbons (Fsp3) is 0.192. The van der Waals surface area contributed by atoms with Gasteiger partial charge in [0.2, 0.25) is 0 Å². The Labute approximate surface area is 197 Å². The van der Waals surface area contributed by atoms with Gasteiger partial charge in [-0.3, -0.25) is 4.98 Å². The summed E-state index contributed by atoms with van der Waals surface area (Å²) in [5.74, 6) is 0. The number of nitrogens with one attached hydrogen (secondary N) is 4. The number of nitrogens with zero attached hydrogens (tertiary/aromatic N) is 1. The van der Waals surface area contributed by atoms with Crippen LogP contribution in [0.25, 0.3) is 31.6 Å². The molecule has 0 aliphatic carbocycles. The molecule has 7 heteroatoms. The largest absolute Gasteiger partial charge is 0.361 e. The zero-order valence-corrected chi connectivity index (χ0v) is 19.2. The van der Waals surface area contributed by atoms with Gasteiger partial charge < -0.3 is 26.7 Å². The lowest BCUT2D eigenvalue weighted by Gasteiger charge is -2.07. The van der Waals surface area contributed by atoms with Crippen LogP contribution >= 0.6 is 11.3 Å². The van der Waals surface area contributed by atoms with Crippen molar-refractivity contribution in [3.05, 3.63) is 78.6 Å². The van der Waals surface area contributed by atoms with Crippen LogP contribution < -0.4 is 21.7 Å². The van der Waals surface area contributed by atoms with Crippen LogP contribution in [-0.2, 0) is 6.54 Å². The van der Waals surface area contributed by atoms with Gasteiger partial charge in [-0.15, -0.1) is 11.3 Å². The van der Waals surface area contributed by atoms with Gasteiger partial charge in [0.05, 0.1) is 15.9 Å². The molecule has 0 amide bonds. The number of H-pyrrole nitrogens is 1. The van der Waals surface area contributed by atoms with Crippen LogP contribution in [0.2, 0.25) is 0 Å². The van der Waals surface area contributed by atoms with Crippen molar-refractivity contribution in [1.82, 2.24) is 20.6 Å². The van der Waals surface area contributed by atoms with Gasteiger partial charge in [0, 0.05) is 66.6 Å². The van der Waals surface area contributed by atoms with E-state index in [0.717, 1.165) is 53.3 Å². The summed E-state index contributed by atoms with van der Waals surface area (Å²) in [6, 6.07) is 21.4. The molecule has 0 bridgehead atoms. The molecule has 3 heterocycles. The fourth-order valence-electron chi connectivity index (χ4n) is 3.89. The van der Waals surface area contributed by atoms with Crippen molar-refractivity contribution >= 4 is 43.8 Å². The summed E-state index contributed by atoms with van der Waals surface area (Å²) >= 11 is 1.77. The average Bonchev–Trinajstić information content (AvgIpc) is 3.49. The maximum atomic E-state index is 5.49. The summed E-state index contributed by atoms with van der Waals surface area (Å²) in [7, 11) is 0. The molecule has 0 saturated heterocycles. The molecule has 0 aliphatic rings. The minimum Gasteiger partial charge on any atom is -0.361 e.